The van der Waals surface area contributed by atoms with Gasteiger partial charge in [-0.05, 0) is 31.0 Å². The number of nitrogens with zero attached hydrogens (tertiary/aromatic N) is 3. The summed E-state index contributed by atoms with van der Waals surface area (Å²) in [5.41, 5.74) is 1.03. The van der Waals surface area contributed by atoms with Gasteiger partial charge in [-0.25, -0.2) is 4.99 Å². The van der Waals surface area contributed by atoms with Gasteiger partial charge in [0.25, 0.3) is 0 Å². The van der Waals surface area contributed by atoms with Crippen molar-refractivity contribution < 1.29 is 5.11 Å². The summed E-state index contributed by atoms with van der Waals surface area (Å²) in [7, 11) is 0. The van der Waals surface area contributed by atoms with E-state index >= 15 is 0 Å². The molecule has 0 aromatic heterocycles. The van der Waals surface area contributed by atoms with Crippen molar-refractivity contribution in [1.29, 1.82) is 0 Å². The van der Waals surface area contributed by atoms with Crippen LogP contribution in [0.2, 0.25) is 0 Å². The van der Waals surface area contributed by atoms with Gasteiger partial charge in [0.15, 0.2) is 5.96 Å². The van der Waals surface area contributed by atoms with Crippen molar-refractivity contribution in [3.05, 3.63) is 42.0 Å². The molecule has 2 heterocycles. The summed E-state index contributed by atoms with van der Waals surface area (Å²) in [5, 5.41) is 13.0. The first-order valence-electron chi connectivity index (χ1n) is 8.46. The molecular formula is C18H27IN4O. The van der Waals surface area contributed by atoms with Gasteiger partial charge in [0, 0.05) is 38.8 Å². The second-order valence-corrected chi connectivity index (χ2v) is 6.15. The van der Waals surface area contributed by atoms with E-state index in [-0.39, 0.29) is 24.0 Å². The van der Waals surface area contributed by atoms with Crippen molar-refractivity contribution in [1.82, 2.24) is 15.1 Å². The van der Waals surface area contributed by atoms with Gasteiger partial charge in [-0.1, -0.05) is 24.3 Å². The molecule has 24 heavy (non-hydrogen) atoms. The van der Waals surface area contributed by atoms with Crippen LogP contribution in [-0.2, 0) is 6.54 Å². The Morgan fingerprint density at radius 2 is 2.12 bits per heavy atom. The van der Waals surface area contributed by atoms with E-state index in [2.05, 4.69) is 34.2 Å². The molecule has 0 radical (unpaired) electrons. The molecule has 1 saturated heterocycles. The zero-order chi connectivity index (χ0) is 16.1. The van der Waals surface area contributed by atoms with Gasteiger partial charge in [0.1, 0.15) is 5.75 Å². The fourth-order valence-electron chi connectivity index (χ4n) is 3.27. The molecule has 5 nitrogen and oxygen atoms in total. The molecule has 3 rings (SSSR count). The summed E-state index contributed by atoms with van der Waals surface area (Å²) in [4.78, 5) is 9.64. The zero-order valence-electron chi connectivity index (χ0n) is 14.2. The van der Waals surface area contributed by atoms with E-state index in [0.29, 0.717) is 18.3 Å². The first kappa shape index (κ1) is 19.1. The summed E-state index contributed by atoms with van der Waals surface area (Å²) in [6, 6.07) is 7.94. The van der Waals surface area contributed by atoms with Crippen molar-refractivity contribution in [2.75, 3.05) is 32.7 Å². The fraction of sp³-hybridized carbons (Fsp3) is 0.500. The Morgan fingerprint density at radius 3 is 2.83 bits per heavy atom. The number of phenols is 1. The summed E-state index contributed by atoms with van der Waals surface area (Å²) in [6.07, 6.45) is 5.70. The van der Waals surface area contributed by atoms with Crippen LogP contribution in [0.15, 0.2) is 41.4 Å². The SMILES string of the molecule is CCNC(=NCc1cccc(O)c1)N1CCC(N2CC=CC2)C1.I. The Hall–Kier alpha value is -1.28. The minimum absolute atomic E-state index is 0. The van der Waals surface area contributed by atoms with Crippen molar-refractivity contribution in [3.8, 4) is 5.75 Å². The van der Waals surface area contributed by atoms with E-state index in [1.807, 2.05) is 12.1 Å². The van der Waals surface area contributed by atoms with Gasteiger partial charge in [-0.15, -0.1) is 24.0 Å². The Morgan fingerprint density at radius 1 is 1.33 bits per heavy atom. The highest BCUT2D eigenvalue weighted by Crippen LogP contribution is 2.18. The van der Waals surface area contributed by atoms with Crippen LogP contribution in [-0.4, -0.2) is 59.6 Å². The summed E-state index contributed by atoms with van der Waals surface area (Å²) >= 11 is 0. The normalized spacial score (nSPS) is 21.1. The minimum Gasteiger partial charge on any atom is -0.508 e. The third-order valence-corrected chi connectivity index (χ3v) is 4.48. The highest BCUT2D eigenvalue weighted by atomic mass is 127. The second kappa shape index (κ2) is 9.27. The molecule has 2 N–H and O–H groups in total. The number of guanidine groups is 1. The lowest BCUT2D eigenvalue weighted by atomic mass is 10.2. The molecule has 1 fully saturated rings. The maximum Gasteiger partial charge on any atom is 0.194 e. The summed E-state index contributed by atoms with van der Waals surface area (Å²) in [5.74, 6) is 1.27. The first-order valence-corrected chi connectivity index (χ1v) is 8.46. The number of aliphatic imine (C=N–C) groups is 1. The molecule has 0 saturated carbocycles. The third-order valence-electron chi connectivity index (χ3n) is 4.48. The van der Waals surface area contributed by atoms with Crippen LogP contribution in [0.3, 0.4) is 0 Å². The molecule has 2 aliphatic heterocycles. The molecule has 1 unspecified atom stereocenters. The molecule has 132 valence electrons. The van der Waals surface area contributed by atoms with Crippen LogP contribution in [0.4, 0.5) is 0 Å². The largest absolute Gasteiger partial charge is 0.508 e. The minimum atomic E-state index is 0. The molecule has 2 aliphatic rings. The quantitative estimate of drug-likeness (QED) is 0.326. The molecule has 0 bridgehead atoms. The maximum absolute atomic E-state index is 9.56. The van der Waals surface area contributed by atoms with Crippen LogP contribution in [0.1, 0.15) is 18.9 Å². The molecule has 1 aromatic rings. The maximum atomic E-state index is 9.56. The van der Waals surface area contributed by atoms with E-state index in [1.54, 1.807) is 12.1 Å². The topological polar surface area (TPSA) is 51.1 Å². The fourth-order valence-corrected chi connectivity index (χ4v) is 3.27. The van der Waals surface area contributed by atoms with E-state index < -0.39 is 0 Å². The third kappa shape index (κ3) is 4.86. The smallest absolute Gasteiger partial charge is 0.194 e. The number of nitrogens with one attached hydrogen (secondary N) is 1. The Balaban J connectivity index is 0.00000208. The van der Waals surface area contributed by atoms with E-state index in [1.165, 1.54) is 6.42 Å². The standard InChI is InChI=1S/C18H26N4O.HI/c1-2-19-18(20-13-15-6-5-7-17(23)12-15)22-11-8-16(14-22)21-9-3-4-10-21;/h3-7,12,16,23H,2,8-11,13-14H2,1H3,(H,19,20);1H. The van der Waals surface area contributed by atoms with Crippen molar-refractivity contribution in [2.24, 2.45) is 4.99 Å². The van der Waals surface area contributed by atoms with Gasteiger partial charge in [0.2, 0.25) is 0 Å². The average Bonchev–Trinajstić information content (AvgIpc) is 3.22. The van der Waals surface area contributed by atoms with Crippen LogP contribution in [0, 0.1) is 0 Å². The van der Waals surface area contributed by atoms with Gasteiger partial charge >= 0.3 is 0 Å². The monoisotopic (exact) mass is 442 g/mol. The second-order valence-electron chi connectivity index (χ2n) is 6.15. The van der Waals surface area contributed by atoms with Crippen LogP contribution in [0.25, 0.3) is 0 Å². The number of hydrogen-bond acceptors (Lipinski definition) is 3. The first-order chi connectivity index (χ1) is 11.3. The number of likely N-dealkylation sites (tertiary alicyclic amines) is 1. The van der Waals surface area contributed by atoms with E-state index in [4.69, 9.17) is 4.99 Å². The highest BCUT2D eigenvalue weighted by Gasteiger charge is 2.29. The van der Waals surface area contributed by atoms with Gasteiger partial charge < -0.3 is 15.3 Å². The number of halogens is 1. The lowest BCUT2D eigenvalue weighted by molar-refractivity contribution is 0.259. The highest BCUT2D eigenvalue weighted by molar-refractivity contribution is 14.0. The summed E-state index contributed by atoms with van der Waals surface area (Å²) in [6.45, 7) is 7.79. The Bertz CT molecular complexity index is 582. The Labute approximate surface area is 161 Å². The van der Waals surface area contributed by atoms with Crippen LogP contribution < -0.4 is 5.32 Å². The molecular weight excluding hydrogens is 415 g/mol. The number of benzene rings is 1. The number of rotatable bonds is 4. The molecule has 1 atom stereocenters. The van der Waals surface area contributed by atoms with Crippen LogP contribution >= 0.6 is 24.0 Å². The Kier molecular flexibility index (Phi) is 7.36. The van der Waals surface area contributed by atoms with Gasteiger partial charge in [0.05, 0.1) is 6.54 Å². The number of aromatic hydroxyl groups is 1. The molecule has 1 aromatic carbocycles. The zero-order valence-corrected chi connectivity index (χ0v) is 16.5. The van der Waals surface area contributed by atoms with Crippen molar-refractivity contribution in [3.63, 3.8) is 0 Å². The van der Waals surface area contributed by atoms with E-state index in [0.717, 1.165) is 44.2 Å². The predicted molar refractivity (Wildman–Crippen MR) is 109 cm³/mol. The molecule has 0 aliphatic carbocycles. The lowest BCUT2D eigenvalue weighted by Gasteiger charge is -2.25. The van der Waals surface area contributed by atoms with Crippen molar-refractivity contribution >= 4 is 29.9 Å². The van der Waals surface area contributed by atoms with Gasteiger partial charge in [-0.3, -0.25) is 4.90 Å². The van der Waals surface area contributed by atoms with Crippen molar-refractivity contribution in [2.45, 2.75) is 25.9 Å². The summed E-state index contributed by atoms with van der Waals surface area (Å²) < 4.78 is 0. The predicted octanol–water partition coefficient (Wildman–Crippen LogP) is 2.42. The molecule has 0 spiro atoms. The molecule has 0 amide bonds. The van der Waals surface area contributed by atoms with Crippen LogP contribution in [0.5, 0.6) is 5.75 Å². The van der Waals surface area contributed by atoms with Gasteiger partial charge in [-0.2, -0.15) is 0 Å². The average molecular weight is 442 g/mol. The number of hydrogen-bond donors (Lipinski definition) is 2. The van der Waals surface area contributed by atoms with E-state index in [9.17, 15) is 5.11 Å². The lowest BCUT2D eigenvalue weighted by Crippen LogP contribution is -2.42. The number of phenolic OH excluding ortho intramolecular Hbond substituents is 1. The molecule has 6 heteroatoms.